The predicted octanol–water partition coefficient (Wildman–Crippen LogP) is 1.33. The van der Waals surface area contributed by atoms with Crippen LogP contribution in [0.3, 0.4) is 0 Å². The van der Waals surface area contributed by atoms with Crippen molar-refractivity contribution < 1.29 is 14.6 Å². The van der Waals surface area contributed by atoms with Gasteiger partial charge < -0.3 is 15.2 Å². The van der Waals surface area contributed by atoms with Crippen molar-refractivity contribution in [1.29, 1.82) is 0 Å². The molecule has 0 unspecified atom stereocenters. The number of nitrogens with zero attached hydrogens (tertiary/aromatic N) is 1. The Hall–Kier alpha value is -1.24. The fourth-order valence-corrected chi connectivity index (χ4v) is 4.62. The highest BCUT2D eigenvalue weighted by Gasteiger charge is 2.40. The number of aromatic hydroxyl groups is 1. The number of ether oxygens (including phenoxy) is 1. The van der Waals surface area contributed by atoms with Crippen molar-refractivity contribution in [2.24, 2.45) is 0 Å². The highest BCUT2D eigenvalue weighted by molar-refractivity contribution is 7.99. The van der Waals surface area contributed by atoms with Gasteiger partial charge in [-0.2, -0.15) is 11.8 Å². The molecule has 2 heterocycles. The zero-order valence-electron chi connectivity index (χ0n) is 12.6. The molecule has 2 aliphatic heterocycles. The van der Waals surface area contributed by atoms with E-state index >= 15 is 0 Å². The number of thioether (sulfide) groups is 1. The van der Waals surface area contributed by atoms with Crippen molar-refractivity contribution in [2.45, 2.75) is 12.0 Å². The van der Waals surface area contributed by atoms with Gasteiger partial charge in [0.15, 0.2) is 0 Å². The largest absolute Gasteiger partial charge is 0.507 e. The van der Waals surface area contributed by atoms with E-state index in [2.05, 4.69) is 10.2 Å². The van der Waals surface area contributed by atoms with Gasteiger partial charge in [-0.1, -0.05) is 12.1 Å². The van der Waals surface area contributed by atoms with E-state index in [9.17, 15) is 9.90 Å². The third-order valence-corrected chi connectivity index (χ3v) is 5.73. The highest BCUT2D eigenvalue weighted by atomic mass is 32.2. The summed E-state index contributed by atoms with van der Waals surface area (Å²) >= 11 is 1.94. The first-order valence-electron chi connectivity index (χ1n) is 7.68. The first-order chi connectivity index (χ1) is 10.7. The normalized spacial score (nSPS) is 26.0. The van der Waals surface area contributed by atoms with Gasteiger partial charge in [-0.25, -0.2) is 0 Å². The molecule has 2 aliphatic rings. The second-order valence-corrected chi connectivity index (χ2v) is 6.93. The van der Waals surface area contributed by atoms with Crippen molar-refractivity contribution >= 4 is 17.7 Å². The molecule has 0 spiro atoms. The lowest BCUT2D eigenvalue weighted by molar-refractivity contribution is -0.0129. The molecule has 2 fully saturated rings. The molecule has 6 heteroatoms. The summed E-state index contributed by atoms with van der Waals surface area (Å²) in [6.45, 7) is 3.99. The van der Waals surface area contributed by atoms with Crippen LogP contribution in [-0.4, -0.2) is 65.8 Å². The fraction of sp³-hybridized carbons (Fsp3) is 0.562. The Morgan fingerprint density at radius 2 is 2.14 bits per heavy atom. The number of nitrogens with one attached hydrogen (secondary N) is 1. The van der Waals surface area contributed by atoms with Gasteiger partial charge in [-0.3, -0.25) is 9.69 Å². The average molecular weight is 322 g/mol. The number of hydrogen-bond acceptors (Lipinski definition) is 5. The second-order valence-electron chi connectivity index (χ2n) is 5.83. The number of rotatable bonds is 4. The molecule has 0 saturated carbocycles. The van der Waals surface area contributed by atoms with E-state index in [0.29, 0.717) is 12.1 Å². The van der Waals surface area contributed by atoms with Gasteiger partial charge in [-0.15, -0.1) is 0 Å². The topological polar surface area (TPSA) is 61.8 Å². The third-order valence-electron chi connectivity index (χ3n) is 4.49. The van der Waals surface area contributed by atoms with Crippen molar-refractivity contribution in [3.05, 3.63) is 29.8 Å². The van der Waals surface area contributed by atoms with Crippen molar-refractivity contribution in [3.63, 3.8) is 0 Å². The van der Waals surface area contributed by atoms with Crippen LogP contribution in [0.5, 0.6) is 5.75 Å². The molecule has 1 amide bonds. The molecule has 1 atom stereocenters. The smallest absolute Gasteiger partial charge is 0.255 e. The number of phenols is 1. The Morgan fingerprint density at radius 3 is 2.82 bits per heavy atom. The summed E-state index contributed by atoms with van der Waals surface area (Å²) in [7, 11) is 0. The van der Waals surface area contributed by atoms with Crippen LogP contribution < -0.4 is 5.32 Å². The van der Waals surface area contributed by atoms with Crippen LogP contribution >= 0.6 is 11.8 Å². The lowest BCUT2D eigenvalue weighted by atomic mass is 9.95. The Morgan fingerprint density at radius 1 is 1.36 bits per heavy atom. The van der Waals surface area contributed by atoms with Crippen LogP contribution in [0, 0.1) is 0 Å². The number of amides is 1. The summed E-state index contributed by atoms with van der Waals surface area (Å²) in [5.74, 6) is 1.99. The minimum Gasteiger partial charge on any atom is -0.507 e. The van der Waals surface area contributed by atoms with Crippen LogP contribution in [0.15, 0.2) is 24.3 Å². The van der Waals surface area contributed by atoms with Gasteiger partial charge in [0, 0.05) is 30.9 Å². The SMILES string of the molecule is O=C(NC[C@]1(N2CCOCC2)CCSC1)c1ccccc1O. The standard InChI is InChI=1S/C16H22N2O3S/c19-14-4-2-1-3-13(14)15(20)17-11-16(5-10-22-12-16)18-6-8-21-9-7-18/h1-4,19H,5-12H2,(H,17,20)/t16-/m1/s1. The number of benzene rings is 1. The van der Waals surface area contributed by atoms with Crippen molar-refractivity contribution in [1.82, 2.24) is 10.2 Å². The van der Waals surface area contributed by atoms with E-state index in [1.165, 1.54) is 6.07 Å². The number of hydrogen-bond donors (Lipinski definition) is 2. The summed E-state index contributed by atoms with van der Waals surface area (Å²) < 4.78 is 5.45. The first-order valence-corrected chi connectivity index (χ1v) is 8.83. The summed E-state index contributed by atoms with van der Waals surface area (Å²) in [5.41, 5.74) is 0.361. The molecule has 0 radical (unpaired) electrons. The molecule has 0 aromatic heterocycles. The van der Waals surface area contributed by atoms with Gasteiger partial charge in [0.05, 0.1) is 18.8 Å². The summed E-state index contributed by atoms with van der Waals surface area (Å²) in [6, 6.07) is 6.67. The number of carbonyl (C=O) groups is 1. The molecular weight excluding hydrogens is 300 g/mol. The lowest BCUT2D eigenvalue weighted by Gasteiger charge is -2.43. The van der Waals surface area contributed by atoms with Crippen molar-refractivity contribution in [2.75, 3.05) is 44.4 Å². The van der Waals surface area contributed by atoms with Gasteiger partial charge in [0.2, 0.25) is 0 Å². The number of morpholine rings is 1. The molecule has 5 nitrogen and oxygen atoms in total. The molecule has 0 aliphatic carbocycles. The molecule has 0 bridgehead atoms. The molecule has 1 aromatic carbocycles. The van der Waals surface area contributed by atoms with Crippen LogP contribution in [0.2, 0.25) is 0 Å². The quantitative estimate of drug-likeness (QED) is 0.876. The number of para-hydroxylation sites is 1. The van der Waals surface area contributed by atoms with E-state index in [1.54, 1.807) is 18.2 Å². The first kappa shape index (κ1) is 15.6. The summed E-state index contributed by atoms with van der Waals surface area (Å²) in [4.78, 5) is 14.8. The highest BCUT2D eigenvalue weighted by Crippen LogP contribution is 2.33. The van der Waals surface area contributed by atoms with Crippen LogP contribution in [0.25, 0.3) is 0 Å². The lowest BCUT2D eigenvalue weighted by Crippen LogP contribution is -2.59. The zero-order valence-corrected chi connectivity index (χ0v) is 13.4. The van der Waals surface area contributed by atoms with Gasteiger partial charge in [0.1, 0.15) is 5.75 Å². The van der Waals surface area contributed by atoms with Crippen molar-refractivity contribution in [3.8, 4) is 5.75 Å². The van der Waals surface area contributed by atoms with E-state index in [4.69, 9.17) is 4.74 Å². The zero-order chi connectivity index (χ0) is 15.4. The number of carbonyl (C=O) groups excluding carboxylic acids is 1. The minimum absolute atomic E-state index is 0.0223. The Labute approximate surface area is 135 Å². The predicted molar refractivity (Wildman–Crippen MR) is 87.5 cm³/mol. The van der Waals surface area contributed by atoms with Crippen LogP contribution in [0.4, 0.5) is 0 Å². The fourth-order valence-electron chi connectivity index (χ4n) is 3.14. The maximum absolute atomic E-state index is 12.3. The Bertz CT molecular complexity index is 526. The monoisotopic (exact) mass is 322 g/mol. The molecule has 120 valence electrons. The van der Waals surface area contributed by atoms with Crippen LogP contribution in [0.1, 0.15) is 16.8 Å². The summed E-state index contributed by atoms with van der Waals surface area (Å²) in [6.07, 6.45) is 1.08. The van der Waals surface area contributed by atoms with E-state index in [-0.39, 0.29) is 17.2 Å². The molecular formula is C16H22N2O3S. The molecule has 3 rings (SSSR count). The number of phenolic OH excluding ortho intramolecular Hbond substituents is 1. The van der Waals surface area contributed by atoms with Gasteiger partial charge in [0.25, 0.3) is 5.91 Å². The minimum atomic E-state index is -0.206. The van der Waals surface area contributed by atoms with E-state index in [1.807, 2.05) is 11.8 Å². The Balaban J connectivity index is 1.67. The molecule has 1 aromatic rings. The average Bonchev–Trinajstić information content (AvgIpc) is 3.04. The maximum Gasteiger partial charge on any atom is 0.255 e. The Kier molecular flexibility index (Phi) is 4.90. The van der Waals surface area contributed by atoms with Gasteiger partial charge >= 0.3 is 0 Å². The summed E-state index contributed by atoms with van der Waals surface area (Å²) in [5, 5.41) is 12.8. The molecule has 2 saturated heterocycles. The molecule has 22 heavy (non-hydrogen) atoms. The van der Waals surface area contributed by atoms with Gasteiger partial charge in [-0.05, 0) is 24.3 Å². The second kappa shape index (κ2) is 6.89. The molecule has 2 N–H and O–H groups in total. The van der Waals surface area contributed by atoms with E-state index in [0.717, 1.165) is 44.2 Å². The third kappa shape index (κ3) is 3.24. The van der Waals surface area contributed by atoms with Crippen LogP contribution in [-0.2, 0) is 4.74 Å². The maximum atomic E-state index is 12.3. The van der Waals surface area contributed by atoms with E-state index < -0.39 is 0 Å².